The highest BCUT2D eigenvalue weighted by atomic mass is 16.6. The van der Waals surface area contributed by atoms with Crippen molar-refractivity contribution in [2.75, 3.05) is 13.2 Å². The lowest BCUT2D eigenvalue weighted by atomic mass is 10.1. The van der Waals surface area contributed by atoms with Gasteiger partial charge in [-0.05, 0) is 18.2 Å². The van der Waals surface area contributed by atoms with E-state index >= 15 is 0 Å². The van der Waals surface area contributed by atoms with Gasteiger partial charge in [0.15, 0.2) is 29.7 Å². The number of esters is 1. The topological polar surface area (TPSA) is 101 Å². The van der Waals surface area contributed by atoms with E-state index in [9.17, 15) is 9.59 Å². The second kappa shape index (κ2) is 7.99. The van der Waals surface area contributed by atoms with Crippen LogP contribution in [-0.4, -0.2) is 35.1 Å². The second-order valence-electron chi connectivity index (χ2n) is 6.14. The minimum absolute atomic E-state index is 0.0293. The highest BCUT2D eigenvalue weighted by Gasteiger charge is 2.17. The third-order valence-electron chi connectivity index (χ3n) is 3.78. The Morgan fingerprint density at radius 1 is 1.15 bits per heavy atom. The largest absolute Gasteiger partial charge is 0.486 e. The molecule has 0 spiro atoms. The molecule has 0 radical (unpaired) electrons. The van der Waals surface area contributed by atoms with Crippen LogP contribution in [0.25, 0.3) is 0 Å². The Labute approximate surface area is 150 Å². The van der Waals surface area contributed by atoms with Crippen molar-refractivity contribution in [3.63, 3.8) is 0 Å². The summed E-state index contributed by atoms with van der Waals surface area (Å²) in [5.41, 5.74) is 0.473. The van der Waals surface area contributed by atoms with E-state index in [2.05, 4.69) is 10.1 Å². The van der Waals surface area contributed by atoms with Crippen LogP contribution in [0.3, 0.4) is 0 Å². The molecule has 1 aromatic carbocycles. The van der Waals surface area contributed by atoms with Crippen LogP contribution in [0.5, 0.6) is 11.5 Å². The minimum Gasteiger partial charge on any atom is -0.486 e. The number of carbonyl (C=O) groups excluding carboxylic acids is 2. The Hall–Kier alpha value is -2.90. The molecule has 0 amide bonds. The summed E-state index contributed by atoms with van der Waals surface area (Å²) in [4.78, 5) is 28.2. The lowest BCUT2D eigenvalue weighted by Crippen LogP contribution is -2.16. The van der Waals surface area contributed by atoms with Gasteiger partial charge in [0.1, 0.15) is 13.2 Å². The van der Waals surface area contributed by atoms with Crippen molar-refractivity contribution >= 4 is 11.8 Å². The molecule has 0 saturated heterocycles. The molecule has 0 saturated carbocycles. The Morgan fingerprint density at radius 2 is 1.92 bits per heavy atom. The van der Waals surface area contributed by atoms with Gasteiger partial charge in [0.25, 0.3) is 5.89 Å². The van der Waals surface area contributed by atoms with Crippen LogP contribution in [0, 0.1) is 0 Å². The van der Waals surface area contributed by atoms with Gasteiger partial charge < -0.3 is 18.7 Å². The van der Waals surface area contributed by atoms with Crippen molar-refractivity contribution in [2.45, 2.75) is 39.2 Å². The number of carbonyl (C=O) groups is 2. The maximum Gasteiger partial charge on any atom is 0.306 e. The smallest absolute Gasteiger partial charge is 0.306 e. The highest BCUT2D eigenvalue weighted by molar-refractivity contribution is 5.98. The predicted octanol–water partition coefficient (Wildman–Crippen LogP) is 2.67. The minimum atomic E-state index is -0.500. The first-order chi connectivity index (χ1) is 12.5. The van der Waals surface area contributed by atoms with Crippen LogP contribution >= 0.6 is 0 Å². The summed E-state index contributed by atoms with van der Waals surface area (Å²) < 4.78 is 20.9. The fourth-order valence-electron chi connectivity index (χ4n) is 2.35. The van der Waals surface area contributed by atoms with Crippen LogP contribution in [0.1, 0.15) is 54.7 Å². The third-order valence-corrected chi connectivity index (χ3v) is 3.78. The molecule has 8 nitrogen and oxygen atoms in total. The van der Waals surface area contributed by atoms with Gasteiger partial charge in [-0.2, -0.15) is 4.98 Å². The van der Waals surface area contributed by atoms with Crippen molar-refractivity contribution in [3.8, 4) is 11.5 Å². The number of fused-ring (bicyclic) bond motifs is 1. The van der Waals surface area contributed by atoms with Crippen molar-refractivity contribution in [3.05, 3.63) is 35.5 Å². The molecule has 8 heteroatoms. The standard InChI is InChI=1S/C18H20N2O6/c1-11(2)18-19-16(26-20-18)10-25-17(22)6-4-13(21)12-3-5-14-15(9-12)24-8-7-23-14/h3,5,9,11H,4,6-8,10H2,1-2H3. The zero-order chi connectivity index (χ0) is 18.5. The lowest BCUT2D eigenvalue weighted by molar-refractivity contribution is -0.145. The van der Waals surface area contributed by atoms with E-state index in [4.69, 9.17) is 18.7 Å². The van der Waals surface area contributed by atoms with Crippen molar-refractivity contribution in [1.29, 1.82) is 0 Å². The van der Waals surface area contributed by atoms with Gasteiger partial charge in [-0.15, -0.1) is 0 Å². The molecule has 3 rings (SSSR count). The summed E-state index contributed by atoms with van der Waals surface area (Å²) in [6, 6.07) is 4.99. The molecule has 1 aliphatic rings. The van der Waals surface area contributed by atoms with Gasteiger partial charge in [0.05, 0.1) is 6.42 Å². The highest BCUT2D eigenvalue weighted by Crippen LogP contribution is 2.31. The first-order valence-corrected chi connectivity index (χ1v) is 8.44. The van der Waals surface area contributed by atoms with E-state index in [0.717, 1.165) is 0 Å². The summed E-state index contributed by atoms with van der Waals surface area (Å²) in [7, 11) is 0. The van der Waals surface area contributed by atoms with Crippen LogP contribution in [0.15, 0.2) is 22.7 Å². The molecule has 2 heterocycles. The molecule has 26 heavy (non-hydrogen) atoms. The maximum atomic E-state index is 12.2. The molecule has 0 N–H and O–H groups in total. The molecular weight excluding hydrogens is 340 g/mol. The van der Waals surface area contributed by atoms with Gasteiger partial charge in [0, 0.05) is 17.9 Å². The molecule has 0 atom stereocenters. The third kappa shape index (κ3) is 4.38. The zero-order valence-corrected chi connectivity index (χ0v) is 14.7. The number of nitrogens with zero attached hydrogens (tertiary/aromatic N) is 2. The molecule has 0 aliphatic carbocycles. The van der Waals surface area contributed by atoms with Gasteiger partial charge in [-0.25, -0.2) is 0 Å². The van der Waals surface area contributed by atoms with Crippen LogP contribution in [-0.2, 0) is 16.1 Å². The molecule has 0 fully saturated rings. The molecule has 138 valence electrons. The number of ketones is 1. The Balaban J connectivity index is 1.47. The van der Waals surface area contributed by atoms with Crippen LogP contribution in [0.2, 0.25) is 0 Å². The average Bonchev–Trinajstić information content (AvgIpc) is 3.13. The fraction of sp³-hybridized carbons (Fsp3) is 0.444. The Morgan fingerprint density at radius 3 is 2.65 bits per heavy atom. The van der Waals surface area contributed by atoms with E-state index in [0.29, 0.717) is 36.1 Å². The van der Waals surface area contributed by atoms with E-state index in [1.807, 2.05) is 13.8 Å². The molecule has 2 aromatic rings. The van der Waals surface area contributed by atoms with Gasteiger partial charge >= 0.3 is 5.97 Å². The maximum absolute atomic E-state index is 12.2. The summed E-state index contributed by atoms with van der Waals surface area (Å²) in [6.45, 7) is 4.71. The molecular formula is C18H20N2O6. The van der Waals surface area contributed by atoms with E-state index < -0.39 is 5.97 Å². The van der Waals surface area contributed by atoms with Crippen LogP contribution in [0.4, 0.5) is 0 Å². The van der Waals surface area contributed by atoms with Gasteiger partial charge in [-0.1, -0.05) is 19.0 Å². The Kier molecular flexibility index (Phi) is 5.50. The van der Waals surface area contributed by atoms with Crippen molar-refractivity contribution in [1.82, 2.24) is 10.1 Å². The predicted molar refractivity (Wildman–Crippen MR) is 89.2 cm³/mol. The van der Waals surface area contributed by atoms with E-state index in [-0.39, 0.29) is 37.0 Å². The first kappa shape index (κ1) is 17.9. The summed E-state index contributed by atoms with van der Waals surface area (Å²) in [5, 5.41) is 3.79. The Bertz CT molecular complexity index is 799. The number of hydrogen-bond donors (Lipinski definition) is 0. The van der Waals surface area contributed by atoms with Crippen LogP contribution < -0.4 is 9.47 Å². The van der Waals surface area contributed by atoms with Gasteiger partial charge in [-0.3, -0.25) is 9.59 Å². The number of ether oxygens (including phenoxy) is 3. The summed E-state index contributed by atoms with van der Waals surface area (Å²) in [5.74, 6) is 1.42. The lowest BCUT2D eigenvalue weighted by Gasteiger charge is -2.18. The normalized spacial score (nSPS) is 12.9. The van der Waals surface area contributed by atoms with Gasteiger partial charge in [0.2, 0.25) is 0 Å². The summed E-state index contributed by atoms with van der Waals surface area (Å²) in [6.07, 6.45) is 0.0119. The van der Waals surface area contributed by atoms with Crippen molar-refractivity contribution < 1.29 is 28.3 Å². The quantitative estimate of drug-likeness (QED) is 0.549. The molecule has 0 unspecified atom stereocenters. The number of benzene rings is 1. The number of rotatable bonds is 7. The van der Waals surface area contributed by atoms with E-state index in [1.54, 1.807) is 18.2 Å². The second-order valence-corrected chi connectivity index (χ2v) is 6.14. The fourth-order valence-corrected chi connectivity index (χ4v) is 2.35. The number of hydrogen-bond acceptors (Lipinski definition) is 8. The van der Waals surface area contributed by atoms with Crippen molar-refractivity contribution in [2.24, 2.45) is 0 Å². The SMILES string of the molecule is CC(C)c1noc(COC(=O)CCC(=O)c2ccc3c(c2)OCCO3)n1. The monoisotopic (exact) mass is 360 g/mol. The zero-order valence-electron chi connectivity index (χ0n) is 14.7. The number of Topliss-reactive ketones (excluding diaryl/α,β-unsaturated/α-hetero) is 1. The molecule has 0 bridgehead atoms. The summed E-state index contributed by atoms with van der Waals surface area (Å²) >= 11 is 0. The average molecular weight is 360 g/mol. The molecule has 1 aliphatic heterocycles. The number of aromatic nitrogens is 2. The van der Waals surface area contributed by atoms with E-state index in [1.165, 1.54) is 0 Å². The molecule has 1 aromatic heterocycles. The first-order valence-electron chi connectivity index (χ1n) is 8.44.